The van der Waals surface area contributed by atoms with E-state index in [4.69, 9.17) is 14.2 Å². The molecule has 0 spiro atoms. The van der Waals surface area contributed by atoms with E-state index in [1.165, 1.54) is 173 Å². The van der Waals surface area contributed by atoms with Crippen molar-refractivity contribution >= 4 is 18.2 Å². The first-order valence-electron chi connectivity index (χ1n) is 22.6. The van der Waals surface area contributed by atoms with Gasteiger partial charge in [-0.1, -0.05) is 213 Å². The van der Waals surface area contributed by atoms with Crippen LogP contribution in [0.1, 0.15) is 226 Å². The van der Waals surface area contributed by atoms with E-state index in [0.29, 0.717) is 13.1 Å². The van der Waals surface area contributed by atoms with Crippen molar-refractivity contribution in [3.8, 4) is 0 Å². The zero-order valence-electron chi connectivity index (χ0n) is 35.2. The Morgan fingerprint density at radius 1 is 0.434 bits per heavy atom. The molecule has 0 saturated heterocycles. The third-order valence-electron chi connectivity index (χ3n) is 10.0. The fourth-order valence-electron chi connectivity index (χ4n) is 6.55. The zero-order chi connectivity index (χ0) is 38.9. The number of unbranched alkanes of at least 4 members (excludes halogenated alkanes) is 30. The van der Waals surface area contributed by atoms with E-state index >= 15 is 0 Å². The highest BCUT2D eigenvalue weighted by Crippen LogP contribution is 2.15. The molecule has 312 valence electrons. The highest BCUT2D eigenvalue weighted by atomic mass is 16.6. The predicted molar refractivity (Wildman–Crippen MR) is 222 cm³/mol. The number of esters is 1. The van der Waals surface area contributed by atoms with E-state index in [9.17, 15) is 14.4 Å². The molecule has 53 heavy (non-hydrogen) atoms. The van der Waals surface area contributed by atoms with Gasteiger partial charge in [0.2, 0.25) is 0 Å². The van der Waals surface area contributed by atoms with Crippen molar-refractivity contribution in [2.75, 3.05) is 26.3 Å². The lowest BCUT2D eigenvalue weighted by Crippen LogP contribution is -2.37. The van der Waals surface area contributed by atoms with Crippen LogP contribution in [0, 0.1) is 0 Å². The van der Waals surface area contributed by atoms with Gasteiger partial charge >= 0.3 is 18.2 Å². The molecule has 0 rings (SSSR count). The minimum absolute atomic E-state index is 0.208. The number of alkyl carbamates (subject to hydrolysis) is 2. The smallest absolute Gasteiger partial charge is 0.407 e. The van der Waals surface area contributed by atoms with Crippen LogP contribution in [-0.2, 0) is 19.0 Å². The second-order valence-electron chi connectivity index (χ2n) is 15.5. The van der Waals surface area contributed by atoms with Gasteiger partial charge in [-0.2, -0.15) is 0 Å². The van der Waals surface area contributed by atoms with Gasteiger partial charge in [-0.3, -0.25) is 0 Å². The molecule has 0 aromatic rings. The van der Waals surface area contributed by atoms with Crippen LogP contribution < -0.4 is 10.6 Å². The zero-order valence-corrected chi connectivity index (χ0v) is 35.2. The van der Waals surface area contributed by atoms with E-state index in [2.05, 4.69) is 31.1 Å². The molecule has 0 saturated carbocycles. The Morgan fingerprint density at radius 2 is 0.717 bits per heavy atom. The predicted octanol–water partition coefficient (Wildman–Crippen LogP) is 13.4. The molecule has 0 aliphatic carbocycles. The topological polar surface area (TPSA) is 103 Å². The summed E-state index contributed by atoms with van der Waals surface area (Å²) >= 11 is 0. The van der Waals surface area contributed by atoms with Crippen molar-refractivity contribution in [3.63, 3.8) is 0 Å². The molecule has 2 N–H and O–H groups in total. The Hall–Kier alpha value is -2.25. The van der Waals surface area contributed by atoms with Crippen LogP contribution in [0.3, 0.4) is 0 Å². The van der Waals surface area contributed by atoms with E-state index in [-0.39, 0.29) is 18.8 Å². The van der Waals surface area contributed by atoms with Crippen LogP contribution in [0.4, 0.5) is 9.59 Å². The molecular formula is C45H86N2O6. The maximum Gasteiger partial charge on any atom is 0.407 e. The molecule has 0 aromatic heterocycles. The molecule has 0 fully saturated rings. The molecule has 0 aromatic carbocycles. The highest BCUT2D eigenvalue weighted by molar-refractivity contribution is 5.86. The minimum atomic E-state index is -0.912. The van der Waals surface area contributed by atoms with Gasteiger partial charge in [0.25, 0.3) is 0 Å². The maximum atomic E-state index is 12.4. The number of amides is 2. The Morgan fingerprint density at radius 3 is 1.04 bits per heavy atom. The van der Waals surface area contributed by atoms with Crippen LogP contribution in [0.15, 0.2) is 12.2 Å². The first-order valence-corrected chi connectivity index (χ1v) is 22.6. The Bertz CT molecular complexity index is 851. The Labute approximate surface area is 327 Å². The third kappa shape index (κ3) is 39.3. The number of carbonyl (C=O) groups excluding carboxylic acids is 3. The van der Waals surface area contributed by atoms with Crippen molar-refractivity contribution in [1.29, 1.82) is 0 Å². The summed E-state index contributed by atoms with van der Waals surface area (Å²) in [4.78, 5) is 36.6. The van der Waals surface area contributed by atoms with Crippen LogP contribution in [-0.4, -0.2) is 50.6 Å². The molecule has 0 bridgehead atoms. The van der Waals surface area contributed by atoms with Crippen molar-refractivity contribution < 1.29 is 28.6 Å². The summed E-state index contributed by atoms with van der Waals surface area (Å²) in [6, 6.07) is 0. The van der Waals surface area contributed by atoms with Gasteiger partial charge in [-0.25, -0.2) is 14.4 Å². The number of hydrogen-bond acceptors (Lipinski definition) is 6. The molecule has 0 aliphatic rings. The number of hydrogen-bond donors (Lipinski definition) is 2. The summed E-state index contributed by atoms with van der Waals surface area (Å²) in [5.41, 5.74) is 0.245. The average molecular weight is 751 g/mol. The maximum absolute atomic E-state index is 12.4. The molecule has 0 heterocycles. The Balaban J connectivity index is 3.90. The second-order valence-corrected chi connectivity index (χ2v) is 15.5. The second kappa shape index (κ2) is 40.9. The van der Waals surface area contributed by atoms with Crippen LogP contribution in [0.5, 0.6) is 0 Å². The van der Waals surface area contributed by atoms with Crippen molar-refractivity contribution in [2.45, 2.75) is 232 Å². The monoisotopic (exact) mass is 751 g/mol. The number of ether oxygens (including phenoxy) is 3. The standard InChI is InChI=1S/C45H86N2O6/c1-5-7-9-11-13-15-17-19-21-23-25-27-29-31-33-35-37-46-44(49)52-40-42(39-51-43(48)41(3)4)53-45(50)47-38-36-34-32-30-28-26-24-22-20-18-16-14-12-10-8-6-2/h42H,3,5-40H2,1-2,4H3,(H,46,49)(H,47,50). The van der Waals surface area contributed by atoms with Gasteiger partial charge in [0.15, 0.2) is 6.10 Å². The van der Waals surface area contributed by atoms with Crippen molar-refractivity contribution in [3.05, 3.63) is 12.2 Å². The molecule has 0 radical (unpaired) electrons. The fourth-order valence-corrected chi connectivity index (χ4v) is 6.55. The van der Waals surface area contributed by atoms with Gasteiger partial charge in [0.05, 0.1) is 0 Å². The SMILES string of the molecule is C=C(C)C(=O)OCC(COC(=O)NCCCCCCCCCCCCCCCCCC)OC(=O)NCCCCCCCCCCCCCCCCCC. The lowest BCUT2D eigenvalue weighted by Gasteiger charge is -2.18. The first-order chi connectivity index (χ1) is 25.9. The summed E-state index contributed by atoms with van der Waals surface area (Å²) in [7, 11) is 0. The minimum Gasteiger partial charge on any atom is -0.458 e. The quantitative estimate of drug-likeness (QED) is 0.0280. The van der Waals surface area contributed by atoms with Crippen LogP contribution >= 0.6 is 0 Å². The molecule has 2 amide bonds. The third-order valence-corrected chi connectivity index (χ3v) is 10.0. The summed E-state index contributed by atoms with van der Waals surface area (Å²) in [5, 5.41) is 5.54. The van der Waals surface area contributed by atoms with Crippen LogP contribution in [0.2, 0.25) is 0 Å². The largest absolute Gasteiger partial charge is 0.458 e. The molecule has 8 nitrogen and oxygen atoms in total. The lowest BCUT2D eigenvalue weighted by molar-refractivity contribution is -0.142. The molecular weight excluding hydrogens is 665 g/mol. The summed E-state index contributed by atoms with van der Waals surface area (Å²) in [5.74, 6) is -0.583. The number of rotatable bonds is 40. The normalized spacial score (nSPS) is 11.6. The molecule has 1 unspecified atom stereocenters. The van der Waals surface area contributed by atoms with Crippen LogP contribution in [0.25, 0.3) is 0 Å². The molecule has 0 aliphatic heterocycles. The van der Waals surface area contributed by atoms with Gasteiger partial charge < -0.3 is 24.8 Å². The number of carbonyl (C=O) groups is 3. The summed E-state index contributed by atoms with van der Waals surface area (Å²) in [6.07, 6.45) is 39.5. The van der Waals surface area contributed by atoms with E-state index in [0.717, 1.165) is 32.1 Å². The lowest BCUT2D eigenvalue weighted by atomic mass is 10.0. The van der Waals surface area contributed by atoms with Crippen molar-refractivity contribution in [2.24, 2.45) is 0 Å². The fraction of sp³-hybridized carbons (Fsp3) is 0.889. The number of nitrogens with one attached hydrogen (secondary N) is 2. The molecule has 8 heteroatoms. The van der Waals surface area contributed by atoms with E-state index in [1.807, 2.05) is 0 Å². The Kier molecular flexibility index (Phi) is 39.2. The van der Waals surface area contributed by atoms with Gasteiger partial charge in [0.1, 0.15) is 13.2 Å². The van der Waals surface area contributed by atoms with E-state index in [1.54, 1.807) is 6.92 Å². The van der Waals surface area contributed by atoms with E-state index < -0.39 is 24.3 Å². The summed E-state index contributed by atoms with van der Waals surface area (Å²) < 4.78 is 15.9. The van der Waals surface area contributed by atoms with Gasteiger partial charge in [-0.15, -0.1) is 0 Å². The van der Waals surface area contributed by atoms with Gasteiger partial charge in [0, 0.05) is 18.7 Å². The first kappa shape index (κ1) is 50.8. The van der Waals surface area contributed by atoms with Gasteiger partial charge in [-0.05, 0) is 19.8 Å². The summed E-state index contributed by atoms with van der Waals surface area (Å²) in [6.45, 7) is 10.3. The average Bonchev–Trinajstić information content (AvgIpc) is 3.15. The van der Waals surface area contributed by atoms with Crippen molar-refractivity contribution in [1.82, 2.24) is 10.6 Å². The highest BCUT2D eigenvalue weighted by Gasteiger charge is 2.19. The molecule has 1 atom stereocenters.